The molecule has 0 aromatic carbocycles. The smallest absolute Gasteiger partial charge is 0.0202 e. The largest absolute Gasteiger partial charge is 0.0822 e. The zero-order chi connectivity index (χ0) is 20.1. The molecule has 0 saturated heterocycles. The Labute approximate surface area is 176 Å². The summed E-state index contributed by atoms with van der Waals surface area (Å²) in [4.78, 5) is 0. The van der Waals surface area contributed by atoms with Crippen LogP contribution in [0, 0.1) is 58.7 Å². The van der Waals surface area contributed by atoms with Crippen molar-refractivity contribution in [2.45, 2.75) is 106 Å². The average molecular weight is 385 g/mol. The number of rotatable bonds is 4. The molecule has 0 aliphatic heterocycles. The van der Waals surface area contributed by atoms with Gasteiger partial charge in [0.1, 0.15) is 0 Å². The van der Waals surface area contributed by atoms with Gasteiger partial charge >= 0.3 is 0 Å². The van der Waals surface area contributed by atoms with Gasteiger partial charge in [0.05, 0.1) is 0 Å². The van der Waals surface area contributed by atoms with Crippen LogP contribution in [0.15, 0.2) is 11.6 Å². The molecule has 0 amide bonds. The molecule has 0 aromatic heterocycles. The van der Waals surface area contributed by atoms with Crippen molar-refractivity contribution in [3.8, 4) is 0 Å². The van der Waals surface area contributed by atoms with Crippen molar-refractivity contribution in [3.63, 3.8) is 0 Å². The molecule has 160 valence electrons. The van der Waals surface area contributed by atoms with Crippen molar-refractivity contribution >= 4 is 0 Å². The normalized spacial score (nSPS) is 48.5. The molecule has 9 atom stereocenters. The second-order valence-electron chi connectivity index (χ2n) is 12.3. The fourth-order valence-electron chi connectivity index (χ4n) is 8.22. The van der Waals surface area contributed by atoms with E-state index in [1.165, 1.54) is 44.9 Å². The Kier molecular flexibility index (Phi) is 6.08. The number of hydrogen-bond acceptors (Lipinski definition) is 0. The molecule has 2 bridgehead atoms. The summed E-state index contributed by atoms with van der Waals surface area (Å²) in [7, 11) is 0. The van der Waals surface area contributed by atoms with Crippen LogP contribution in [0.1, 0.15) is 106 Å². The predicted octanol–water partition coefficient (Wildman–Crippen LogP) is 8.52. The standard InChI is InChI=1S/C28H48/c1-7-12-28-17-24(28)16-26-21(6)22(10-11-23-15-27(23)28)14-19(4)8-9-20(5)25(26)13-18(2)3/h14,18,20-27H,7-13,15-17H2,1-6H3. The lowest BCUT2D eigenvalue weighted by atomic mass is 9.65. The van der Waals surface area contributed by atoms with Crippen LogP contribution in [0.5, 0.6) is 0 Å². The summed E-state index contributed by atoms with van der Waals surface area (Å²) in [6.07, 6.45) is 17.7. The van der Waals surface area contributed by atoms with E-state index in [1.807, 2.05) is 0 Å². The third-order valence-corrected chi connectivity index (χ3v) is 9.95. The summed E-state index contributed by atoms with van der Waals surface area (Å²) in [5.74, 6) is 8.66. The average Bonchev–Trinajstić information content (AvgIpc) is 3.53. The summed E-state index contributed by atoms with van der Waals surface area (Å²) in [6.45, 7) is 15.1. The van der Waals surface area contributed by atoms with Gasteiger partial charge in [-0.25, -0.2) is 0 Å². The molecule has 28 heavy (non-hydrogen) atoms. The Morgan fingerprint density at radius 2 is 1.89 bits per heavy atom. The molecule has 0 spiro atoms. The maximum absolute atomic E-state index is 2.76. The van der Waals surface area contributed by atoms with Gasteiger partial charge in [0.15, 0.2) is 0 Å². The second-order valence-corrected chi connectivity index (χ2v) is 12.3. The van der Waals surface area contributed by atoms with E-state index in [-0.39, 0.29) is 0 Å². The van der Waals surface area contributed by atoms with Gasteiger partial charge in [-0.1, -0.05) is 52.7 Å². The van der Waals surface area contributed by atoms with E-state index in [0.29, 0.717) is 0 Å². The van der Waals surface area contributed by atoms with Gasteiger partial charge in [-0.3, -0.25) is 0 Å². The highest BCUT2D eigenvalue weighted by molar-refractivity contribution is 5.15. The Bertz CT molecular complexity index is 571. The Morgan fingerprint density at radius 3 is 2.61 bits per heavy atom. The van der Waals surface area contributed by atoms with Gasteiger partial charge in [0.2, 0.25) is 0 Å². The van der Waals surface area contributed by atoms with Crippen molar-refractivity contribution in [2.24, 2.45) is 58.7 Å². The minimum atomic E-state index is 0.793. The van der Waals surface area contributed by atoms with Crippen LogP contribution >= 0.6 is 0 Å². The maximum Gasteiger partial charge on any atom is -0.0202 e. The fourth-order valence-corrected chi connectivity index (χ4v) is 8.22. The van der Waals surface area contributed by atoms with Crippen molar-refractivity contribution in [1.29, 1.82) is 0 Å². The van der Waals surface area contributed by atoms with E-state index in [4.69, 9.17) is 0 Å². The predicted molar refractivity (Wildman–Crippen MR) is 122 cm³/mol. The molecule has 0 nitrogen and oxygen atoms in total. The van der Waals surface area contributed by atoms with Crippen LogP contribution in [0.3, 0.4) is 0 Å². The quantitative estimate of drug-likeness (QED) is 0.426. The summed E-state index contributed by atoms with van der Waals surface area (Å²) in [5, 5.41) is 0. The molecule has 0 heteroatoms. The number of fused-ring (bicyclic) bond motifs is 5. The zero-order valence-corrected chi connectivity index (χ0v) is 19.8. The molecule has 4 aliphatic carbocycles. The van der Waals surface area contributed by atoms with E-state index in [9.17, 15) is 0 Å². The Balaban J connectivity index is 1.66. The first-order valence-electron chi connectivity index (χ1n) is 13.0. The highest BCUT2D eigenvalue weighted by atomic mass is 14.7. The van der Waals surface area contributed by atoms with Gasteiger partial charge < -0.3 is 0 Å². The summed E-state index contributed by atoms with van der Waals surface area (Å²) < 4.78 is 0. The van der Waals surface area contributed by atoms with E-state index in [0.717, 1.165) is 58.7 Å². The molecule has 4 aliphatic rings. The first-order valence-corrected chi connectivity index (χ1v) is 13.0. The van der Waals surface area contributed by atoms with Crippen LogP contribution < -0.4 is 0 Å². The third-order valence-electron chi connectivity index (χ3n) is 9.95. The van der Waals surface area contributed by atoms with Crippen LogP contribution in [0.2, 0.25) is 0 Å². The van der Waals surface area contributed by atoms with Crippen LogP contribution in [0.4, 0.5) is 0 Å². The second kappa shape index (κ2) is 8.11. The van der Waals surface area contributed by atoms with E-state index in [1.54, 1.807) is 24.8 Å². The van der Waals surface area contributed by atoms with Gasteiger partial charge in [-0.2, -0.15) is 0 Å². The molecule has 4 rings (SSSR count). The third kappa shape index (κ3) is 4.00. The molecule has 0 heterocycles. The monoisotopic (exact) mass is 384 g/mol. The molecular formula is C28H48. The highest BCUT2D eigenvalue weighted by Gasteiger charge is 2.65. The van der Waals surface area contributed by atoms with Crippen LogP contribution in [0.25, 0.3) is 0 Å². The minimum Gasteiger partial charge on any atom is -0.0822 e. The molecule has 0 radical (unpaired) electrons. The number of allylic oxidation sites excluding steroid dienone is 2. The molecule has 0 aromatic rings. The van der Waals surface area contributed by atoms with Crippen molar-refractivity contribution in [3.05, 3.63) is 11.6 Å². The Morgan fingerprint density at radius 1 is 1.11 bits per heavy atom. The van der Waals surface area contributed by atoms with Gasteiger partial charge in [0.25, 0.3) is 0 Å². The molecular weight excluding hydrogens is 336 g/mol. The Hall–Kier alpha value is -0.260. The highest BCUT2D eigenvalue weighted by Crippen LogP contribution is 2.73. The van der Waals surface area contributed by atoms with Crippen molar-refractivity contribution in [2.75, 3.05) is 0 Å². The molecule has 0 N–H and O–H groups in total. The van der Waals surface area contributed by atoms with Gasteiger partial charge in [-0.05, 0) is 123 Å². The van der Waals surface area contributed by atoms with Crippen LogP contribution in [-0.4, -0.2) is 0 Å². The van der Waals surface area contributed by atoms with Crippen molar-refractivity contribution in [1.82, 2.24) is 0 Å². The lowest BCUT2D eigenvalue weighted by Crippen LogP contribution is -2.33. The fraction of sp³-hybridized carbons (Fsp3) is 0.929. The zero-order valence-electron chi connectivity index (χ0n) is 19.8. The number of hydrogen-bond donors (Lipinski definition) is 0. The lowest BCUT2D eigenvalue weighted by molar-refractivity contribution is 0.0984. The topological polar surface area (TPSA) is 0 Å². The van der Waals surface area contributed by atoms with E-state index in [2.05, 4.69) is 47.6 Å². The lowest BCUT2D eigenvalue weighted by Gasteiger charge is -2.40. The van der Waals surface area contributed by atoms with Gasteiger partial charge in [-0.15, -0.1) is 0 Å². The molecule has 3 fully saturated rings. The summed E-state index contributed by atoms with van der Waals surface area (Å²) in [5.41, 5.74) is 2.49. The molecule has 9 unspecified atom stereocenters. The van der Waals surface area contributed by atoms with E-state index >= 15 is 0 Å². The minimum absolute atomic E-state index is 0.793. The van der Waals surface area contributed by atoms with Crippen molar-refractivity contribution < 1.29 is 0 Å². The molecule has 3 saturated carbocycles. The first-order chi connectivity index (χ1) is 13.4. The van der Waals surface area contributed by atoms with Gasteiger partial charge in [0, 0.05) is 0 Å². The summed E-state index contributed by atoms with van der Waals surface area (Å²) in [6, 6.07) is 0. The van der Waals surface area contributed by atoms with Crippen LogP contribution in [-0.2, 0) is 0 Å². The van der Waals surface area contributed by atoms with E-state index < -0.39 is 0 Å². The maximum atomic E-state index is 2.76. The first kappa shape index (κ1) is 21.0. The SMILES string of the molecule is CCCC12CC1CC1C(C)C(C=C(C)CCC(C)C1CC(C)C)CCC1CC12. The summed E-state index contributed by atoms with van der Waals surface area (Å²) >= 11 is 0.